The molecule has 0 aliphatic heterocycles. The number of nitrogens with zero attached hydrogens (tertiary/aromatic N) is 3. The largest absolute Gasteiger partial charge is 0.478 e. The van der Waals surface area contributed by atoms with Crippen molar-refractivity contribution >= 4 is 17.3 Å². The van der Waals surface area contributed by atoms with Gasteiger partial charge in [0.15, 0.2) is 0 Å². The predicted molar refractivity (Wildman–Crippen MR) is 60.9 cm³/mol. The Morgan fingerprint density at radius 2 is 2.24 bits per heavy atom. The molecule has 0 aliphatic rings. The second kappa shape index (κ2) is 6.21. The lowest BCUT2D eigenvalue weighted by atomic mass is 10.0. The van der Waals surface area contributed by atoms with E-state index in [-0.39, 0.29) is 24.1 Å². The Bertz CT molecular complexity index is 441. The molecule has 0 spiro atoms. The van der Waals surface area contributed by atoms with Crippen molar-refractivity contribution < 1.29 is 20.1 Å². The Balaban J connectivity index is 2.74. The van der Waals surface area contributed by atoms with Crippen molar-refractivity contribution in [2.24, 2.45) is 5.11 Å². The summed E-state index contributed by atoms with van der Waals surface area (Å²) in [5.41, 5.74) is 8.21. The molecule has 92 valence electrons. The van der Waals surface area contributed by atoms with E-state index in [9.17, 15) is 15.0 Å². The molecule has 0 radical (unpaired) electrons. The first-order valence-electron chi connectivity index (χ1n) is 4.74. The number of aromatic carboxylic acids is 1. The van der Waals surface area contributed by atoms with Gasteiger partial charge in [-0.2, -0.15) is 11.3 Å². The lowest BCUT2D eigenvalue weighted by molar-refractivity contribution is 0.0144. The van der Waals surface area contributed by atoms with E-state index < -0.39 is 18.2 Å². The predicted octanol–water partition coefficient (Wildman–Crippen LogP) is 1.54. The minimum atomic E-state index is -1.29. The normalized spacial score (nSPS) is 13.8. The topological polar surface area (TPSA) is 127 Å². The lowest BCUT2D eigenvalue weighted by Gasteiger charge is -2.16. The zero-order valence-electron chi connectivity index (χ0n) is 8.72. The van der Waals surface area contributed by atoms with Gasteiger partial charge in [0.05, 0.1) is 11.7 Å². The zero-order chi connectivity index (χ0) is 12.8. The van der Waals surface area contributed by atoms with Crippen LogP contribution in [0.4, 0.5) is 0 Å². The smallest absolute Gasteiger partial charge is 0.336 e. The van der Waals surface area contributed by atoms with Gasteiger partial charge in [-0.25, -0.2) is 4.79 Å². The van der Waals surface area contributed by atoms with E-state index in [2.05, 4.69) is 10.0 Å². The van der Waals surface area contributed by atoms with Gasteiger partial charge in [0.2, 0.25) is 0 Å². The second-order valence-corrected chi connectivity index (χ2v) is 4.04. The Hall–Kier alpha value is -1.60. The number of thiophene rings is 1. The summed E-state index contributed by atoms with van der Waals surface area (Å²) in [5, 5.41) is 34.3. The Morgan fingerprint density at radius 3 is 2.82 bits per heavy atom. The van der Waals surface area contributed by atoms with Gasteiger partial charge in [0, 0.05) is 22.4 Å². The highest BCUT2D eigenvalue weighted by Crippen LogP contribution is 2.26. The van der Waals surface area contributed by atoms with Crippen molar-refractivity contribution in [1.29, 1.82) is 0 Å². The highest BCUT2D eigenvalue weighted by molar-refractivity contribution is 7.08. The third kappa shape index (κ3) is 3.43. The first-order valence-corrected chi connectivity index (χ1v) is 5.68. The molecule has 2 unspecified atom stereocenters. The summed E-state index contributed by atoms with van der Waals surface area (Å²) < 4.78 is 0. The van der Waals surface area contributed by atoms with Crippen LogP contribution in [0.15, 0.2) is 15.9 Å². The number of rotatable bonds is 6. The van der Waals surface area contributed by atoms with Gasteiger partial charge in [-0.1, -0.05) is 5.11 Å². The standard InChI is InChI=1S/C9H11N3O4S/c10-12-11-2-1-7(13)8(14)5-3-17-4-6(5)9(15)16/h3-4,7-8,13-14H,1-2H2,(H,15,16). The fraction of sp³-hybridized carbons (Fsp3) is 0.444. The molecule has 0 amide bonds. The zero-order valence-corrected chi connectivity index (χ0v) is 9.54. The summed E-state index contributed by atoms with van der Waals surface area (Å²) in [6.45, 7) is 0.0429. The number of carbonyl (C=O) groups is 1. The summed E-state index contributed by atoms with van der Waals surface area (Å²) in [7, 11) is 0. The molecule has 1 heterocycles. The number of hydrogen-bond donors (Lipinski definition) is 3. The Kier molecular flexibility index (Phi) is 4.92. The van der Waals surface area contributed by atoms with Crippen LogP contribution in [0.5, 0.6) is 0 Å². The highest BCUT2D eigenvalue weighted by Gasteiger charge is 2.23. The van der Waals surface area contributed by atoms with Crippen LogP contribution in [0.3, 0.4) is 0 Å². The van der Waals surface area contributed by atoms with Gasteiger partial charge in [-0.3, -0.25) is 0 Å². The molecule has 0 fully saturated rings. The van der Waals surface area contributed by atoms with Crippen molar-refractivity contribution in [2.75, 3.05) is 6.54 Å². The maximum Gasteiger partial charge on any atom is 0.336 e. The number of aliphatic hydroxyl groups excluding tert-OH is 2. The van der Waals surface area contributed by atoms with Crippen molar-refractivity contribution in [3.8, 4) is 0 Å². The van der Waals surface area contributed by atoms with E-state index in [4.69, 9.17) is 10.6 Å². The van der Waals surface area contributed by atoms with Crippen molar-refractivity contribution in [1.82, 2.24) is 0 Å². The van der Waals surface area contributed by atoms with Crippen LogP contribution in [-0.2, 0) is 0 Å². The maximum atomic E-state index is 10.8. The first-order chi connectivity index (χ1) is 8.07. The summed E-state index contributed by atoms with van der Waals surface area (Å²) in [5.74, 6) is -1.15. The van der Waals surface area contributed by atoms with E-state index >= 15 is 0 Å². The van der Waals surface area contributed by atoms with E-state index in [1.54, 1.807) is 0 Å². The number of azide groups is 1. The van der Waals surface area contributed by atoms with E-state index in [1.165, 1.54) is 10.8 Å². The van der Waals surface area contributed by atoms with Gasteiger partial charge < -0.3 is 15.3 Å². The molecular weight excluding hydrogens is 246 g/mol. The fourth-order valence-electron chi connectivity index (χ4n) is 1.31. The number of carboxylic acids is 1. The minimum Gasteiger partial charge on any atom is -0.478 e. The van der Waals surface area contributed by atoms with Crippen molar-refractivity contribution in [3.63, 3.8) is 0 Å². The van der Waals surface area contributed by atoms with Crippen LogP contribution < -0.4 is 0 Å². The monoisotopic (exact) mass is 257 g/mol. The number of hydrogen-bond acceptors (Lipinski definition) is 5. The van der Waals surface area contributed by atoms with Gasteiger partial charge in [-0.05, 0) is 17.3 Å². The summed E-state index contributed by atoms with van der Waals surface area (Å²) in [4.78, 5) is 13.3. The summed E-state index contributed by atoms with van der Waals surface area (Å²) in [6, 6.07) is 0. The Morgan fingerprint density at radius 1 is 1.53 bits per heavy atom. The molecule has 2 atom stereocenters. The Labute approximate surface area is 101 Å². The highest BCUT2D eigenvalue weighted by atomic mass is 32.1. The van der Waals surface area contributed by atoms with E-state index in [1.807, 2.05) is 0 Å². The second-order valence-electron chi connectivity index (χ2n) is 3.30. The average molecular weight is 257 g/mol. The van der Waals surface area contributed by atoms with Crippen molar-refractivity contribution in [2.45, 2.75) is 18.6 Å². The molecule has 0 saturated carbocycles. The van der Waals surface area contributed by atoms with Gasteiger partial charge in [-0.15, -0.1) is 0 Å². The summed E-state index contributed by atoms with van der Waals surface area (Å²) >= 11 is 1.13. The maximum absolute atomic E-state index is 10.8. The minimum absolute atomic E-state index is 0.0228. The van der Waals surface area contributed by atoms with Gasteiger partial charge in [0.25, 0.3) is 0 Å². The van der Waals surface area contributed by atoms with Crippen LogP contribution in [0, 0.1) is 0 Å². The quantitative estimate of drug-likeness (QED) is 0.405. The van der Waals surface area contributed by atoms with Crippen LogP contribution >= 0.6 is 11.3 Å². The molecule has 0 saturated heterocycles. The first kappa shape index (κ1) is 13.5. The molecule has 3 N–H and O–H groups in total. The van der Waals surface area contributed by atoms with Crippen LogP contribution in [0.1, 0.15) is 28.4 Å². The molecular formula is C9H11N3O4S. The molecule has 17 heavy (non-hydrogen) atoms. The van der Waals surface area contributed by atoms with E-state index in [0.29, 0.717) is 0 Å². The number of carboxylic acid groups (broad SMARTS) is 1. The summed E-state index contributed by atoms with van der Waals surface area (Å²) in [6.07, 6.45) is -2.38. The molecule has 1 aromatic rings. The number of aliphatic hydroxyl groups is 2. The molecule has 8 heteroatoms. The molecule has 7 nitrogen and oxygen atoms in total. The fourth-order valence-corrected chi connectivity index (χ4v) is 2.16. The van der Waals surface area contributed by atoms with Crippen molar-refractivity contribution in [3.05, 3.63) is 32.3 Å². The SMILES string of the molecule is [N-]=[N+]=NCCC(O)C(O)c1cscc1C(=O)O. The van der Waals surface area contributed by atoms with Crippen LogP contribution in [-0.4, -0.2) is 33.9 Å². The third-order valence-electron chi connectivity index (χ3n) is 2.19. The van der Waals surface area contributed by atoms with Gasteiger partial charge in [0.1, 0.15) is 6.10 Å². The average Bonchev–Trinajstić information content (AvgIpc) is 2.77. The molecule has 1 rings (SSSR count). The van der Waals surface area contributed by atoms with Crippen LogP contribution in [0.2, 0.25) is 0 Å². The third-order valence-corrected chi connectivity index (χ3v) is 2.96. The lowest BCUT2D eigenvalue weighted by Crippen LogP contribution is -2.20. The van der Waals surface area contributed by atoms with E-state index in [0.717, 1.165) is 11.3 Å². The molecule has 0 aromatic carbocycles. The van der Waals surface area contributed by atoms with Crippen LogP contribution in [0.25, 0.3) is 10.4 Å². The molecule has 0 aliphatic carbocycles. The molecule has 1 aromatic heterocycles. The van der Waals surface area contributed by atoms with Gasteiger partial charge >= 0.3 is 5.97 Å². The molecule has 0 bridgehead atoms.